The van der Waals surface area contributed by atoms with Gasteiger partial charge in [-0.2, -0.15) is 0 Å². The minimum atomic E-state index is 1.09. The van der Waals surface area contributed by atoms with Crippen LogP contribution in [0, 0.1) is 0 Å². The zero-order valence-corrected chi connectivity index (χ0v) is 8.49. The molecule has 1 aliphatic heterocycles. The highest BCUT2D eigenvalue weighted by Crippen LogP contribution is 2.32. The lowest BCUT2D eigenvalue weighted by Crippen LogP contribution is -1.86. The van der Waals surface area contributed by atoms with E-state index >= 15 is 0 Å². The van der Waals surface area contributed by atoms with Gasteiger partial charge in [-0.1, -0.05) is 12.2 Å². The lowest BCUT2D eigenvalue weighted by molar-refractivity contribution is 1.41. The van der Waals surface area contributed by atoms with Gasteiger partial charge < -0.3 is 0 Å². The molecule has 1 aromatic heterocycles. The fourth-order valence-electron chi connectivity index (χ4n) is 1.47. The summed E-state index contributed by atoms with van der Waals surface area (Å²) in [5, 5.41) is 0. The van der Waals surface area contributed by atoms with E-state index in [0.717, 1.165) is 11.3 Å². The summed E-state index contributed by atoms with van der Waals surface area (Å²) >= 11 is 3.61. The van der Waals surface area contributed by atoms with Crippen LogP contribution in [0.2, 0.25) is 0 Å². The minimum absolute atomic E-state index is 1.09. The Balaban J connectivity index is 2.36. The first-order chi connectivity index (χ1) is 6.43. The molecule has 0 aliphatic carbocycles. The summed E-state index contributed by atoms with van der Waals surface area (Å²) < 4.78 is 1.29. The summed E-state index contributed by atoms with van der Waals surface area (Å²) in [5.74, 6) is 1.09. The molecule has 2 aromatic rings. The summed E-state index contributed by atoms with van der Waals surface area (Å²) in [4.78, 5) is 5.69. The topological polar surface area (TPSA) is 12.9 Å². The number of thioether (sulfide) groups is 1. The van der Waals surface area contributed by atoms with Gasteiger partial charge in [0.1, 0.15) is 0 Å². The van der Waals surface area contributed by atoms with Gasteiger partial charge in [-0.15, -0.1) is 23.1 Å². The molecular weight excluding hydrogens is 198 g/mol. The molecule has 3 heteroatoms. The Kier molecular flexibility index (Phi) is 1.67. The molecule has 0 fully saturated rings. The SMILES string of the molecule is C1=Cc2cc3ncsc3cc2SC1. The van der Waals surface area contributed by atoms with Gasteiger partial charge >= 0.3 is 0 Å². The molecule has 1 aliphatic rings. The lowest BCUT2D eigenvalue weighted by Gasteiger charge is -2.08. The van der Waals surface area contributed by atoms with Crippen LogP contribution >= 0.6 is 23.1 Å². The predicted molar refractivity (Wildman–Crippen MR) is 59.4 cm³/mol. The quantitative estimate of drug-likeness (QED) is 0.653. The van der Waals surface area contributed by atoms with E-state index in [9.17, 15) is 0 Å². The van der Waals surface area contributed by atoms with Crippen molar-refractivity contribution in [2.24, 2.45) is 0 Å². The number of nitrogens with zero attached hydrogens (tertiary/aromatic N) is 1. The molecular formula is C10H7NS2. The molecule has 64 valence electrons. The van der Waals surface area contributed by atoms with Gasteiger partial charge in [-0.25, -0.2) is 4.98 Å². The molecule has 1 aromatic carbocycles. The number of rotatable bonds is 0. The van der Waals surface area contributed by atoms with E-state index in [4.69, 9.17) is 0 Å². The maximum absolute atomic E-state index is 4.30. The van der Waals surface area contributed by atoms with Crippen molar-refractivity contribution in [2.75, 3.05) is 5.75 Å². The number of hydrogen-bond donors (Lipinski definition) is 0. The third-order valence-corrected chi connectivity index (χ3v) is 3.91. The predicted octanol–water partition coefficient (Wildman–Crippen LogP) is 3.42. The van der Waals surface area contributed by atoms with Gasteiger partial charge in [-0.05, 0) is 17.7 Å². The fourth-order valence-corrected chi connectivity index (χ4v) is 3.11. The molecule has 2 heterocycles. The highest BCUT2D eigenvalue weighted by molar-refractivity contribution is 7.99. The molecule has 0 amide bonds. The molecule has 0 atom stereocenters. The van der Waals surface area contributed by atoms with Crippen LogP contribution in [-0.4, -0.2) is 10.7 Å². The minimum Gasteiger partial charge on any atom is -0.245 e. The Morgan fingerprint density at radius 3 is 3.31 bits per heavy atom. The molecule has 0 bridgehead atoms. The number of aromatic nitrogens is 1. The average molecular weight is 205 g/mol. The van der Waals surface area contributed by atoms with Crippen LogP contribution in [0.3, 0.4) is 0 Å². The highest BCUT2D eigenvalue weighted by Gasteiger charge is 2.07. The summed E-state index contributed by atoms with van der Waals surface area (Å²) in [6.45, 7) is 0. The Bertz CT molecular complexity index is 485. The molecule has 0 unspecified atom stereocenters. The highest BCUT2D eigenvalue weighted by atomic mass is 32.2. The van der Waals surface area contributed by atoms with Gasteiger partial charge in [-0.3, -0.25) is 0 Å². The maximum Gasteiger partial charge on any atom is 0.0818 e. The number of thiazole rings is 1. The van der Waals surface area contributed by atoms with Crippen LogP contribution in [0.15, 0.2) is 28.6 Å². The van der Waals surface area contributed by atoms with Gasteiger partial charge in [0, 0.05) is 10.6 Å². The van der Waals surface area contributed by atoms with Crippen molar-refractivity contribution in [2.45, 2.75) is 4.90 Å². The molecule has 0 radical (unpaired) electrons. The van der Waals surface area contributed by atoms with Crippen LogP contribution < -0.4 is 0 Å². The monoisotopic (exact) mass is 205 g/mol. The van der Waals surface area contributed by atoms with Crippen LogP contribution in [0.5, 0.6) is 0 Å². The summed E-state index contributed by atoms with van der Waals surface area (Å²) in [6.07, 6.45) is 4.38. The molecule has 0 spiro atoms. The third-order valence-electron chi connectivity index (χ3n) is 2.10. The van der Waals surface area contributed by atoms with Crippen LogP contribution in [0.4, 0.5) is 0 Å². The second-order valence-corrected chi connectivity index (χ2v) is 4.87. The Morgan fingerprint density at radius 1 is 1.31 bits per heavy atom. The normalized spacial score (nSPS) is 14.8. The Hall–Kier alpha value is -0.800. The smallest absolute Gasteiger partial charge is 0.0818 e. The first kappa shape index (κ1) is 7.59. The van der Waals surface area contributed by atoms with E-state index in [0.29, 0.717) is 0 Å². The van der Waals surface area contributed by atoms with Gasteiger partial charge in [0.05, 0.1) is 15.7 Å². The summed E-state index contributed by atoms with van der Waals surface area (Å²) in [6, 6.07) is 4.42. The van der Waals surface area contributed by atoms with E-state index in [1.54, 1.807) is 11.3 Å². The van der Waals surface area contributed by atoms with Crippen LogP contribution in [0.25, 0.3) is 16.3 Å². The Labute approximate surface area is 84.5 Å². The molecule has 1 nitrogen and oxygen atoms in total. The standard InChI is InChI=1S/C10H7NS2/c1-2-7-4-8-10(13-6-11-8)5-9(7)12-3-1/h1-2,4-6H,3H2. The maximum atomic E-state index is 4.30. The van der Waals surface area contributed by atoms with Gasteiger partial charge in [0.15, 0.2) is 0 Å². The van der Waals surface area contributed by atoms with Crippen molar-refractivity contribution >= 4 is 39.4 Å². The third kappa shape index (κ3) is 1.19. The van der Waals surface area contributed by atoms with Gasteiger partial charge in [0.2, 0.25) is 0 Å². The second kappa shape index (κ2) is 2.86. The lowest BCUT2D eigenvalue weighted by atomic mass is 10.2. The average Bonchev–Trinajstić information content (AvgIpc) is 2.61. The molecule has 0 N–H and O–H groups in total. The van der Waals surface area contributed by atoms with E-state index in [1.165, 1.54) is 15.2 Å². The van der Waals surface area contributed by atoms with E-state index in [-0.39, 0.29) is 0 Å². The zero-order chi connectivity index (χ0) is 8.67. The van der Waals surface area contributed by atoms with Crippen molar-refractivity contribution in [1.82, 2.24) is 4.98 Å². The molecule has 0 saturated carbocycles. The largest absolute Gasteiger partial charge is 0.245 e. The van der Waals surface area contributed by atoms with Crippen molar-refractivity contribution in [3.63, 3.8) is 0 Å². The molecule has 0 saturated heterocycles. The van der Waals surface area contributed by atoms with Crippen molar-refractivity contribution in [3.8, 4) is 0 Å². The van der Waals surface area contributed by atoms with Crippen LogP contribution in [0.1, 0.15) is 5.56 Å². The fraction of sp³-hybridized carbons (Fsp3) is 0.100. The number of fused-ring (bicyclic) bond motifs is 2. The van der Waals surface area contributed by atoms with E-state index in [2.05, 4.69) is 29.3 Å². The second-order valence-electron chi connectivity index (χ2n) is 2.92. The molecule has 13 heavy (non-hydrogen) atoms. The first-order valence-electron chi connectivity index (χ1n) is 4.10. The molecule has 3 rings (SSSR count). The van der Waals surface area contributed by atoms with Gasteiger partial charge in [0.25, 0.3) is 0 Å². The Morgan fingerprint density at radius 2 is 2.31 bits per heavy atom. The first-order valence-corrected chi connectivity index (χ1v) is 5.96. The summed E-state index contributed by atoms with van der Waals surface area (Å²) in [5.41, 5.74) is 4.34. The number of hydrogen-bond acceptors (Lipinski definition) is 3. The van der Waals surface area contributed by atoms with E-state index in [1.807, 2.05) is 17.3 Å². The van der Waals surface area contributed by atoms with Crippen molar-refractivity contribution < 1.29 is 0 Å². The van der Waals surface area contributed by atoms with Crippen LogP contribution in [-0.2, 0) is 0 Å². The van der Waals surface area contributed by atoms with Crippen molar-refractivity contribution in [1.29, 1.82) is 0 Å². The van der Waals surface area contributed by atoms with Crippen molar-refractivity contribution in [3.05, 3.63) is 29.3 Å². The summed E-state index contributed by atoms with van der Waals surface area (Å²) in [7, 11) is 0. The number of benzene rings is 1. The van der Waals surface area contributed by atoms with E-state index < -0.39 is 0 Å². The zero-order valence-electron chi connectivity index (χ0n) is 6.86.